The van der Waals surface area contributed by atoms with E-state index in [9.17, 15) is 4.79 Å². The summed E-state index contributed by atoms with van der Waals surface area (Å²) in [6.45, 7) is 2.18. The summed E-state index contributed by atoms with van der Waals surface area (Å²) in [7, 11) is 0. The topological polar surface area (TPSA) is 49.3 Å². The first kappa shape index (κ1) is 12.7. The smallest absolute Gasteiger partial charge is 0.331 e. The zero-order valence-electron chi connectivity index (χ0n) is 10.7. The lowest BCUT2D eigenvalue weighted by Crippen LogP contribution is -2.09. The number of rotatable bonds is 4. The van der Waals surface area contributed by atoms with Gasteiger partial charge in [0.15, 0.2) is 0 Å². The third kappa shape index (κ3) is 2.92. The molecule has 0 radical (unpaired) electrons. The molecule has 2 N–H and O–H groups in total. The van der Waals surface area contributed by atoms with Crippen molar-refractivity contribution in [1.82, 2.24) is 0 Å². The van der Waals surface area contributed by atoms with Gasteiger partial charge in [-0.1, -0.05) is 18.2 Å². The number of aryl methyl sites for hydroxylation is 1. The molecular formula is C15H19NO2. The van der Waals surface area contributed by atoms with Crippen molar-refractivity contribution in [3.63, 3.8) is 0 Å². The average Bonchev–Trinajstić information content (AvgIpc) is 2.38. The van der Waals surface area contributed by atoms with Gasteiger partial charge in [-0.05, 0) is 49.8 Å². The van der Waals surface area contributed by atoms with Gasteiger partial charge in [0.05, 0.1) is 0 Å². The Balaban J connectivity index is 2.06. The predicted octanol–water partition coefficient (Wildman–Crippen LogP) is 3.01. The summed E-state index contributed by atoms with van der Waals surface area (Å²) in [5.41, 5.74) is 4.38. The van der Waals surface area contributed by atoms with E-state index in [1.165, 1.54) is 24.0 Å². The maximum atomic E-state index is 10.7. The second kappa shape index (κ2) is 5.71. The lowest BCUT2D eigenvalue weighted by Gasteiger charge is -2.19. The molecule has 0 spiro atoms. The number of benzene rings is 1. The Morgan fingerprint density at radius 1 is 1.39 bits per heavy atom. The first-order chi connectivity index (χ1) is 8.68. The summed E-state index contributed by atoms with van der Waals surface area (Å²) in [4.78, 5) is 10.7. The van der Waals surface area contributed by atoms with Crippen molar-refractivity contribution >= 4 is 11.7 Å². The molecule has 1 aromatic rings. The molecule has 0 aromatic heterocycles. The largest absolute Gasteiger partial charge is 0.478 e. The second-order valence-electron chi connectivity index (χ2n) is 4.72. The van der Waals surface area contributed by atoms with Crippen LogP contribution in [-0.4, -0.2) is 17.6 Å². The van der Waals surface area contributed by atoms with Gasteiger partial charge in [-0.3, -0.25) is 0 Å². The van der Waals surface area contributed by atoms with Crippen LogP contribution in [0.25, 0.3) is 0 Å². The second-order valence-corrected chi connectivity index (χ2v) is 4.72. The molecule has 0 atom stereocenters. The molecule has 0 saturated carbocycles. The quantitative estimate of drug-likeness (QED) is 0.802. The van der Waals surface area contributed by atoms with E-state index in [1.54, 1.807) is 13.0 Å². The van der Waals surface area contributed by atoms with Crippen LogP contribution >= 0.6 is 0 Å². The van der Waals surface area contributed by atoms with Gasteiger partial charge < -0.3 is 10.4 Å². The Hall–Kier alpha value is -1.77. The monoisotopic (exact) mass is 245 g/mol. The molecule has 0 aliphatic heterocycles. The lowest BCUT2D eigenvalue weighted by molar-refractivity contribution is -0.132. The minimum absolute atomic E-state index is 0.382. The van der Waals surface area contributed by atoms with Crippen LogP contribution in [0.1, 0.15) is 30.9 Å². The van der Waals surface area contributed by atoms with Crippen molar-refractivity contribution in [3.8, 4) is 0 Å². The van der Waals surface area contributed by atoms with E-state index in [-0.39, 0.29) is 0 Å². The number of hydrogen-bond donors (Lipinski definition) is 2. The number of carbonyl (C=O) groups is 1. The summed E-state index contributed by atoms with van der Waals surface area (Å²) >= 11 is 0. The molecule has 0 saturated heterocycles. The van der Waals surface area contributed by atoms with E-state index in [1.807, 2.05) is 0 Å². The van der Waals surface area contributed by atoms with Crippen LogP contribution in [-0.2, 0) is 17.6 Å². The van der Waals surface area contributed by atoms with Crippen LogP contribution in [0, 0.1) is 0 Å². The van der Waals surface area contributed by atoms with E-state index in [2.05, 4.69) is 23.5 Å². The third-order valence-electron chi connectivity index (χ3n) is 3.43. The number of fused-ring (bicyclic) bond motifs is 1. The Kier molecular flexibility index (Phi) is 4.03. The van der Waals surface area contributed by atoms with Crippen molar-refractivity contribution in [2.24, 2.45) is 0 Å². The fraction of sp³-hybridized carbons (Fsp3) is 0.400. The number of aliphatic carboxylic acids is 1. The highest BCUT2D eigenvalue weighted by atomic mass is 16.4. The van der Waals surface area contributed by atoms with Gasteiger partial charge in [0, 0.05) is 17.8 Å². The molecule has 1 aliphatic carbocycles. The van der Waals surface area contributed by atoms with E-state index in [0.717, 1.165) is 18.5 Å². The lowest BCUT2D eigenvalue weighted by atomic mass is 9.90. The molecular weight excluding hydrogens is 226 g/mol. The van der Waals surface area contributed by atoms with Crippen LogP contribution in [0.3, 0.4) is 0 Å². The van der Waals surface area contributed by atoms with Gasteiger partial charge in [-0.2, -0.15) is 0 Å². The highest BCUT2D eigenvalue weighted by Gasteiger charge is 2.12. The van der Waals surface area contributed by atoms with Crippen molar-refractivity contribution < 1.29 is 9.90 Å². The maximum absolute atomic E-state index is 10.7. The molecule has 0 fully saturated rings. The van der Waals surface area contributed by atoms with Crippen LogP contribution in [0.4, 0.5) is 5.69 Å². The van der Waals surface area contributed by atoms with Gasteiger partial charge in [0.1, 0.15) is 0 Å². The molecule has 3 nitrogen and oxygen atoms in total. The van der Waals surface area contributed by atoms with Crippen molar-refractivity contribution in [2.45, 2.75) is 32.6 Å². The van der Waals surface area contributed by atoms with Crippen LogP contribution in [0.2, 0.25) is 0 Å². The summed E-state index contributed by atoms with van der Waals surface area (Å²) < 4.78 is 0. The summed E-state index contributed by atoms with van der Waals surface area (Å²) in [5.74, 6) is -0.855. The summed E-state index contributed by atoms with van der Waals surface area (Å²) in [6.07, 6.45) is 6.52. The number of nitrogens with one attached hydrogen (secondary N) is 1. The first-order valence-corrected chi connectivity index (χ1v) is 6.43. The number of anilines is 1. The number of hydrogen-bond acceptors (Lipinski definition) is 2. The fourth-order valence-corrected chi connectivity index (χ4v) is 2.35. The minimum Gasteiger partial charge on any atom is -0.478 e. The van der Waals surface area contributed by atoms with Gasteiger partial charge >= 0.3 is 5.97 Å². The Labute approximate surface area is 108 Å². The molecule has 1 aliphatic rings. The summed E-state index contributed by atoms with van der Waals surface area (Å²) in [5, 5.41) is 12.1. The Morgan fingerprint density at radius 3 is 2.94 bits per heavy atom. The van der Waals surface area contributed by atoms with Crippen LogP contribution < -0.4 is 5.32 Å². The van der Waals surface area contributed by atoms with E-state index >= 15 is 0 Å². The van der Waals surface area contributed by atoms with Gasteiger partial charge in [-0.25, -0.2) is 4.79 Å². The van der Waals surface area contributed by atoms with Crippen LogP contribution in [0.15, 0.2) is 29.8 Å². The SMILES string of the molecule is C/C(=C/CNc1cccc2c1CCCC2)C(=O)O. The minimum atomic E-state index is -0.855. The van der Waals surface area contributed by atoms with Crippen molar-refractivity contribution in [1.29, 1.82) is 0 Å². The van der Waals surface area contributed by atoms with Crippen LogP contribution in [0.5, 0.6) is 0 Å². The molecule has 0 amide bonds. The van der Waals surface area contributed by atoms with E-state index in [0.29, 0.717) is 12.1 Å². The van der Waals surface area contributed by atoms with Gasteiger partial charge in [0.2, 0.25) is 0 Å². The fourth-order valence-electron chi connectivity index (χ4n) is 2.35. The highest BCUT2D eigenvalue weighted by molar-refractivity contribution is 5.85. The van der Waals surface area contributed by atoms with E-state index < -0.39 is 5.97 Å². The van der Waals surface area contributed by atoms with E-state index in [4.69, 9.17) is 5.11 Å². The zero-order chi connectivity index (χ0) is 13.0. The molecule has 0 unspecified atom stereocenters. The Morgan fingerprint density at radius 2 is 2.17 bits per heavy atom. The molecule has 0 heterocycles. The first-order valence-electron chi connectivity index (χ1n) is 6.43. The van der Waals surface area contributed by atoms with Crippen molar-refractivity contribution in [2.75, 3.05) is 11.9 Å². The highest BCUT2D eigenvalue weighted by Crippen LogP contribution is 2.27. The number of carboxylic acids is 1. The predicted molar refractivity (Wildman–Crippen MR) is 73.0 cm³/mol. The molecule has 1 aromatic carbocycles. The van der Waals surface area contributed by atoms with Gasteiger partial charge in [-0.15, -0.1) is 0 Å². The van der Waals surface area contributed by atoms with Gasteiger partial charge in [0.25, 0.3) is 0 Å². The average molecular weight is 245 g/mol. The molecule has 96 valence electrons. The molecule has 3 heteroatoms. The third-order valence-corrected chi connectivity index (χ3v) is 3.43. The zero-order valence-corrected chi connectivity index (χ0v) is 10.7. The molecule has 18 heavy (non-hydrogen) atoms. The number of carboxylic acid groups (broad SMARTS) is 1. The standard InChI is InChI=1S/C15H19NO2/c1-11(15(17)18)9-10-16-14-8-4-6-12-5-2-3-7-13(12)14/h4,6,8-9,16H,2-3,5,7,10H2,1H3,(H,17,18)/b11-9-. The molecule has 0 bridgehead atoms. The normalized spacial score (nSPS) is 15.1. The molecule has 2 rings (SSSR count). The van der Waals surface area contributed by atoms with Crippen molar-refractivity contribution in [3.05, 3.63) is 41.0 Å². The maximum Gasteiger partial charge on any atom is 0.331 e. The Bertz CT molecular complexity index is 477. The summed E-state index contributed by atoms with van der Waals surface area (Å²) in [6, 6.07) is 6.34.